The molecule has 2 atom stereocenters. The molecule has 2 heterocycles. The van der Waals surface area contributed by atoms with Crippen molar-refractivity contribution in [3.05, 3.63) is 41.0 Å². The van der Waals surface area contributed by atoms with Gasteiger partial charge in [0.2, 0.25) is 17.7 Å². The van der Waals surface area contributed by atoms with E-state index in [0.717, 1.165) is 21.7 Å². The number of amides is 3. The van der Waals surface area contributed by atoms with Gasteiger partial charge in [-0.1, -0.05) is 65.8 Å². The molecule has 2 N–H and O–H groups in total. The SMILES string of the molecule is Cc1ncsc1-c1ccc(CNC(=O)C2CC(=O)CN2C(=O)C(NC(=O)C(C)(C)C)C(C)(C)C)cc1. The number of carbonyl (C=O) groups excluding carboxylic acids is 4. The van der Waals surface area contributed by atoms with Crippen LogP contribution in [-0.4, -0.2) is 52.0 Å². The number of Topliss-reactive ketones (excluding diaryl/α,β-unsaturated/α-hetero) is 1. The van der Waals surface area contributed by atoms with Crippen molar-refractivity contribution in [1.29, 1.82) is 0 Å². The first-order valence-electron chi connectivity index (χ1n) is 12.1. The number of rotatable bonds is 6. The third-order valence-corrected chi connectivity index (χ3v) is 7.21. The van der Waals surface area contributed by atoms with Crippen molar-refractivity contribution in [2.45, 2.75) is 73.5 Å². The number of carbonyl (C=O) groups is 4. The lowest BCUT2D eigenvalue weighted by Gasteiger charge is -2.36. The number of nitrogens with zero attached hydrogens (tertiary/aromatic N) is 2. The second-order valence-electron chi connectivity index (χ2n) is 11.4. The molecule has 194 valence electrons. The Morgan fingerprint density at radius 2 is 1.75 bits per heavy atom. The van der Waals surface area contributed by atoms with Crippen molar-refractivity contribution in [2.24, 2.45) is 10.8 Å². The standard InChI is InChI=1S/C27H36N4O4S/c1-16-21(36-15-29-16)18-10-8-17(9-11-18)13-28-23(33)20-12-19(32)14-31(20)24(34)22(26(2,3)4)30-25(35)27(5,6)7/h8-11,15,20,22H,12-14H2,1-7H3,(H,28,33)(H,30,35). The minimum Gasteiger partial charge on any atom is -0.350 e. The molecule has 0 saturated carbocycles. The number of ketones is 1. The first kappa shape index (κ1) is 27.5. The van der Waals surface area contributed by atoms with Crippen molar-refractivity contribution in [1.82, 2.24) is 20.5 Å². The van der Waals surface area contributed by atoms with Crippen LogP contribution in [0, 0.1) is 17.8 Å². The molecule has 1 fully saturated rings. The van der Waals surface area contributed by atoms with E-state index < -0.39 is 28.8 Å². The van der Waals surface area contributed by atoms with Crippen LogP contribution in [0.4, 0.5) is 0 Å². The average Bonchev–Trinajstić information content (AvgIpc) is 3.39. The van der Waals surface area contributed by atoms with Gasteiger partial charge in [-0.2, -0.15) is 0 Å². The van der Waals surface area contributed by atoms with E-state index in [1.165, 1.54) is 4.90 Å². The maximum absolute atomic E-state index is 13.5. The predicted molar refractivity (Wildman–Crippen MR) is 140 cm³/mol. The minimum atomic E-state index is -0.902. The van der Waals surface area contributed by atoms with Gasteiger partial charge in [0.15, 0.2) is 5.78 Å². The van der Waals surface area contributed by atoms with Gasteiger partial charge in [0.05, 0.1) is 22.6 Å². The molecule has 0 radical (unpaired) electrons. The van der Waals surface area contributed by atoms with E-state index in [-0.39, 0.29) is 37.1 Å². The van der Waals surface area contributed by atoms with Gasteiger partial charge in [0.25, 0.3) is 0 Å². The number of hydrogen-bond donors (Lipinski definition) is 2. The summed E-state index contributed by atoms with van der Waals surface area (Å²) < 4.78 is 0. The summed E-state index contributed by atoms with van der Waals surface area (Å²) in [6.07, 6.45) is -0.0365. The lowest BCUT2D eigenvalue weighted by Crippen LogP contribution is -2.59. The van der Waals surface area contributed by atoms with Gasteiger partial charge in [-0.15, -0.1) is 11.3 Å². The molecule has 36 heavy (non-hydrogen) atoms. The maximum atomic E-state index is 13.5. The number of benzene rings is 1. The molecular weight excluding hydrogens is 476 g/mol. The van der Waals surface area contributed by atoms with Crippen LogP contribution < -0.4 is 10.6 Å². The van der Waals surface area contributed by atoms with Gasteiger partial charge in [-0.25, -0.2) is 4.98 Å². The fraction of sp³-hybridized carbons (Fsp3) is 0.519. The van der Waals surface area contributed by atoms with Gasteiger partial charge in [-0.3, -0.25) is 19.2 Å². The molecular formula is C27H36N4O4S. The summed E-state index contributed by atoms with van der Waals surface area (Å²) in [5.74, 6) is -1.25. The summed E-state index contributed by atoms with van der Waals surface area (Å²) in [5.41, 5.74) is 3.46. The fourth-order valence-electron chi connectivity index (χ4n) is 3.98. The smallest absolute Gasteiger partial charge is 0.246 e. The molecule has 3 amide bonds. The summed E-state index contributed by atoms with van der Waals surface area (Å²) in [5, 5.41) is 5.72. The highest BCUT2D eigenvalue weighted by Crippen LogP contribution is 2.28. The molecule has 1 saturated heterocycles. The Hall–Kier alpha value is -3.07. The molecule has 2 aromatic rings. The summed E-state index contributed by atoms with van der Waals surface area (Å²) in [6, 6.07) is 6.09. The van der Waals surface area contributed by atoms with Crippen LogP contribution in [-0.2, 0) is 25.7 Å². The Morgan fingerprint density at radius 3 is 2.28 bits per heavy atom. The molecule has 1 aromatic carbocycles. The second-order valence-corrected chi connectivity index (χ2v) is 12.3. The quantitative estimate of drug-likeness (QED) is 0.616. The van der Waals surface area contributed by atoms with Crippen molar-refractivity contribution in [2.75, 3.05) is 6.54 Å². The van der Waals surface area contributed by atoms with Crippen molar-refractivity contribution in [3.8, 4) is 10.4 Å². The van der Waals surface area contributed by atoms with Crippen LogP contribution in [0.2, 0.25) is 0 Å². The normalized spacial score (nSPS) is 17.1. The Labute approximate surface area is 216 Å². The zero-order valence-corrected chi connectivity index (χ0v) is 22.9. The molecule has 2 unspecified atom stereocenters. The zero-order valence-electron chi connectivity index (χ0n) is 22.1. The van der Waals surface area contributed by atoms with Gasteiger partial charge in [-0.05, 0) is 23.5 Å². The number of likely N-dealkylation sites (tertiary alicyclic amines) is 1. The summed E-state index contributed by atoms with van der Waals surface area (Å²) in [6.45, 7) is 13.0. The van der Waals surface area contributed by atoms with Gasteiger partial charge in [0, 0.05) is 18.4 Å². The van der Waals surface area contributed by atoms with Crippen LogP contribution in [0.25, 0.3) is 10.4 Å². The molecule has 0 bridgehead atoms. The van der Waals surface area contributed by atoms with Crippen LogP contribution in [0.3, 0.4) is 0 Å². The first-order chi connectivity index (χ1) is 16.7. The summed E-state index contributed by atoms with van der Waals surface area (Å²) in [4.78, 5) is 58.3. The number of aromatic nitrogens is 1. The summed E-state index contributed by atoms with van der Waals surface area (Å²) >= 11 is 1.58. The van der Waals surface area contributed by atoms with E-state index in [4.69, 9.17) is 0 Å². The van der Waals surface area contributed by atoms with E-state index in [9.17, 15) is 19.2 Å². The number of hydrogen-bond acceptors (Lipinski definition) is 6. The molecule has 8 nitrogen and oxygen atoms in total. The van der Waals surface area contributed by atoms with Gasteiger partial charge >= 0.3 is 0 Å². The number of aryl methyl sites for hydroxylation is 1. The van der Waals surface area contributed by atoms with Crippen molar-refractivity contribution >= 4 is 34.8 Å². The highest BCUT2D eigenvalue weighted by molar-refractivity contribution is 7.13. The maximum Gasteiger partial charge on any atom is 0.246 e. The fourth-order valence-corrected chi connectivity index (χ4v) is 4.79. The Kier molecular flexibility index (Phi) is 8.03. The molecule has 0 spiro atoms. The lowest BCUT2D eigenvalue weighted by atomic mass is 9.84. The van der Waals surface area contributed by atoms with E-state index in [1.54, 1.807) is 32.1 Å². The van der Waals surface area contributed by atoms with E-state index in [1.807, 2.05) is 57.5 Å². The van der Waals surface area contributed by atoms with Crippen LogP contribution in [0.15, 0.2) is 29.8 Å². The van der Waals surface area contributed by atoms with Gasteiger partial charge in [0.1, 0.15) is 12.1 Å². The third-order valence-electron chi connectivity index (χ3n) is 6.23. The van der Waals surface area contributed by atoms with Crippen LogP contribution in [0.5, 0.6) is 0 Å². The Balaban J connectivity index is 1.70. The molecule has 3 rings (SSSR count). The molecule has 1 aliphatic rings. The van der Waals surface area contributed by atoms with Crippen LogP contribution in [0.1, 0.15) is 59.2 Å². The lowest BCUT2D eigenvalue weighted by molar-refractivity contribution is -0.145. The van der Waals surface area contributed by atoms with Crippen molar-refractivity contribution < 1.29 is 19.2 Å². The predicted octanol–water partition coefficient (Wildman–Crippen LogP) is 3.48. The van der Waals surface area contributed by atoms with Crippen molar-refractivity contribution in [3.63, 3.8) is 0 Å². The second kappa shape index (κ2) is 10.5. The number of nitrogens with one attached hydrogen (secondary N) is 2. The zero-order chi connectivity index (χ0) is 26.8. The largest absolute Gasteiger partial charge is 0.350 e. The number of thiazole rings is 1. The Morgan fingerprint density at radius 1 is 1.11 bits per heavy atom. The highest BCUT2D eigenvalue weighted by Gasteiger charge is 2.45. The van der Waals surface area contributed by atoms with Crippen LogP contribution >= 0.6 is 11.3 Å². The highest BCUT2D eigenvalue weighted by atomic mass is 32.1. The topological polar surface area (TPSA) is 108 Å². The molecule has 1 aromatic heterocycles. The van der Waals surface area contributed by atoms with E-state index in [2.05, 4.69) is 15.6 Å². The first-order valence-corrected chi connectivity index (χ1v) is 13.0. The third kappa shape index (κ3) is 6.37. The van der Waals surface area contributed by atoms with E-state index in [0.29, 0.717) is 0 Å². The Bertz CT molecular complexity index is 1140. The molecule has 1 aliphatic heterocycles. The average molecular weight is 513 g/mol. The summed E-state index contributed by atoms with van der Waals surface area (Å²) in [7, 11) is 0. The van der Waals surface area contributed by atoms with E-state index >= 15 is 0 Å². The molecule has 0 aliphatic carbocycles. The van der Waals surface area contributed by atoms with Gasteiger partial charge < -0.3 is 15.5 Å². The minimum absolute atomic E-state index is 0.0365. The monoisotopic (exact) mass is 512 g/mol. The molecule has 9 heteroatoms.